The van der Waals surface area contributed by atoms with E-state index in [1.54, 1.807) is 0 Å². The Kier molecular flexibility index (Phi) is 7.71. The summed E-state index contributed by atoms with van der Waals surface area (Å²) in [4.78, 5) is 12.4. The van der Waals surface area contributed by atoms with Crippen LogP contribution in [-0.2, 0) is 16.6 Å². The largest absolute Gasteiger partial charge is 0.494 e. The van der Waals surface area contributed by atoms with E-state index in [9.17, 15) is 4.79 Å². The molecule has 1 amide bonds. The number of rotatable bonds is 9. The maximum Gasteiger partial charge on any atom is 0.262 e. The molecule has 0 heterocycles. The van der Waals surface area contributed by atoms with Gasteiger partial charge in [-0.2, -0.15) is 0 Å². The van der Waals surface area contributed by atoms with Crippen LogP contribution < -0.4 is 14.8 Å². The Hall–Kier alpha value is -3.27. The van der Waals surface area contributed by atoms with E-state index in [1.165, 1.54) is 5.56 Å². The smallest absolute Gasteiger partial charge is 0.262 e. The first-order valence-corrected chi connectivity index (χ1v) is 10.7. The van der Waals surface area contributed by atoms with Crippen LogP contribution in [0.3, 0.4) is 0 Å². The van der Waals surface area contributed by atoms with Crippen molar-refractivity contribution in [3.63, 3.8) is 0 Å². The lowest BCUT2D eigenvalue weighted by molar-refractivity contribution is -0.118. The second-order valence-electron chi connectivity index (χ2n) is 8.55. The first-order chi connectivity index (χ1) is 14.9. The third-order valence-corrected chi connectivity index (χ3v) is 4.89. The molecule has 0 bridgehead atoms. The zero-order valence-corrected chi connectivity index (χ0v) is 18.6. The van der Waals surface area contributed by atoms with Crippen LogP contribution in [0.4, 0.5) is 5.69 Å². The fourth-order valence-corrected chi connectivity index (χ4v) is 3.33. The molecule has 0 atom stereocenters. The van der Waals surface area contributed by atoms with Gasteiger partial charge in [-0.05, 0) is 47.6 Å². The van der Waals surface area contributed by atoms with E-state index in [2.05, 4.69) is 38.2 Å². The van der Waals surface area contributed by atoms with E-state index in [4.69, 9.17) is 9.47 Å². The summed E-state index contributed by atoms with van der Waals surface area (Å²) < 4.78 is 11.7. The highest BCUT2D eigenvalue weighted by Gasteiger charge is 2.18. The number of benzene rings is 3. The highest BCUT2D eigenvalue weighted by molar-refractivity contribution is 5.92. The lowest BCUT2D eigenvalue weighted by Crippen LogP contribution is -2.22. The third-order valence-electron chi connectivity index (χ3n) is 4.89. The number of anilines is 1. The van der Waals surface area contributed by atoms with Crippen LogP contribution >= 0.6 is 0 Å². The van der Waals surface area contributed by atoms with Gasteiger partial charge in [-0.1, -0.05) is 75.4 Å². The summed E-state index contributed by atoms with van der Waals surface area (Å²) in [5.41, 5.74) is 3.02. The van der Waals surface area contributed by atoms with Crippen molar-refractivity contribution in [1.82, 2.24) is 0 Å². The molecule has 0 unspecified atom stereocenters. The fourth-order valence-electron chi connectivity index (χ4n) is 3.33. The van der Waals surface area contributed by atoms with Crippen molar-refractivity contribution in [2.75, 3.05) is 18.5 Å². The maximum atomic E-state index is 12.4. The summed E-state index contributed by atoms with van der Waals surface area (Å²) in [5, 5.41) is 2.88. The Morgan fingerprint density at radius 3 is 2.39 bits per heavy atom. The molecule has 0 aromatic heterocycles. The van der Waals surface area contributed by atoms with Crippen LogP contribution in [0.1, 0.15) is 38.3 Å². The minimum Gasteiger partial charge on any atom is -0.494 e. The van der Waals surface area contributed by atoms with E-state index in [-0.39, 0.29) is 17.9 Å². The molecular formula is C27H31NO3. The Balaban J connectivity index is 1.47. The number of carbonyl (C=O) groups excluding carboxylic acids is 1. The molecule has 4 nitrogen and oxygen atoms in total. The number of carbonyl (C=O) groups is 1. The van der Waals surface area contributed by atoms with Gasteiger partial charge >= 0.3 is 0 Å². The van der Waals surface area contributed by atoms with E-state index in [0.717, 1.165) is 29.9 Å². The van der Waals surface area contributed by atoms with Gasteiger partial charge in [0.15, 0.2) is 6.61 Å². The summed E-state index contributed by atoms with van der Waals surface area (Å²) in [6.07, 6.45) is 1.91. The van der Waals surface area contributed by atoms with Gasteiger partial charge in [-0.25, -0.2) is 0 Å². The van der Waals surface area contributed by atoms with Crippen molar-refractivity contribution in [1.29, 1.82) is 0 Å². The van der Waals surface area contributed by atoms with E-state index in [0.29, 0.717) is 12.3 Å². The SMILES string of the molecule is CC(C)(C)c1ccccc1OCC(=O)Nc1cccc(OCCCc2ccccc2)c1. The van der Waals surface area contributed by atoms with Crippen LogP contribution in [0.2, 0.25) is 0 Å². The number of ether oxygens (including phenoxy) is 2. The summed E-state index contributed by atoms with van der Waals surface area (Å²) in [6, 6.07) is 25.7. The van der Waals surface area contributed by atoms with E-state index >= 15 is 0 Å². The highest BCUT2D eigenvalue weighted by atomic mass is 16.5. The van der Waals surface area contributed by atoms with Crippen LogP contribution in [-0.4, -0.2) is 19.1 Å². The number of hydrogen-bond acceptors (Lipinski definition) is 3. The average Bonchev–Trinajstić information content (AvgIpc) is 2.76. The van der Waals surface area contributed by atoms with Crippen LogP contribution in [0, 0.1) is 0 Å². The van der Waals surface area contributed by atoms with E-state index in [1.807, 2.05) is 66.7 Å². The lowest BCUT2D eigenvalue weighted by Gasteiger charge is -2.22. The molecule has 0 spiro atoms. The molecule has 31 heavy (non-hydrogen) atoms. The summed E-state index contributed by atoms with van der Waals surface area (Å²) in [7, 11) is 0. The van der Waals surface area contributed by atoms with Gasteiger partial charge in [0.05, 0.1) is 6.61 Å². The Bertz CT molecular complexity index is 977. The number of hydrogen-bond donors (Lipinski definition) is 1. The monoisotopic (exact) mass is 417 g/mol. The third kappa shape index (κ3) is 7.18. The molecule has 0 aliphatic rings. The molecule has 162 valence electrons. The Labute approximate surface area is 185 Å². The summed E-state index contributed by atoms with van der Waals surface area (Å²) in [6.45, 7) is 6.95. The van der Waals surface area contributed by atoms with Crippen molar-refractivity contribution in [2.45, 2.75) is 39.0 Å². The molecule has 0 saturated carbocycles. The van der Waals surface area contributed by atoms with Gasteiger partial charge in [0.1, 0.15) is 11.5 Å². The van der Waals surface area contributed by atoms with Crippen molar-refractivity contribution < 1.29 is 14.3 Å². The predicted octanol–water partition coefficient (Wildman–Crippen LogP) is 6.01. The van der Waals surface area contributed by atoms with Crippen molar-refractivity contribution in [2.24, 2.45) is 0 Å². The molecule has 3 rings (SSSR count). The molecule has 4 heteroatoms. The maximum absolute atomic E-state index is 12.4. The Morgan fingerprint density at radius 1 is 0.871 bits per heavy atom. The Morgan fingerprint density at radius 2 is 1.61 bits per heavy atom. The molecule has 0 aliphatic heterocycles. The molecule has 0 aliphatic carbocycles. The number of aryl methyl sites for hydroxylation is 1. The van der Waals surface area contributed by atoms with Gasteiger partial charge in [-0.3, -0.25) is 4.79 Å². The van der Waals surface area contributed by atoms with Gasteiger partial charge in [0.25, 0.3) is 5.91 Å². The highest BCUT2D eigenvalue weighted by Crippen LogP contribution is 2.30. The van der Waals surface area contributed by atoms with Crippen LogP contribution in [0.5, 0.6) is 11.5 Å². The first kappa shape index (κ1) is 22.4. The minimum absolute atomic E-state index is 0.0464. The number of nitrogens with one attached hydrogen (secondary N) is 1. The van der Waals surface area contributed by atoms with Gasteiger partial charge in [0.2, 0.25) is 0 Å². The quantitative estimate of drug-likeness (QED) is 0.434. The van der Waals surface area contributed by atoms with E-state index < -0.39 is 0 Å². The minimum atomic E-state index is -0.204. The number of para-hydroxylation sites is 1. The standard InChI is InChI=1S/C27H31NO3/c1-27(2,3)24-16-7-8-17-25(24)31-20-26(29)28-22-14-9-15-23(19-22)30-18-10-13-21-11-5-4-6-12-21/h4-9,11-12,14-17,19H,10,13,18,20H2,1-3H3,(H,28,29). The topological polar surface area (TPSA) is 47.6 Å². The molecule has 1 N–H and O–H groups in total. The van der Waals surface area contributed by atoms with Crippen LogP contribution in [0.25, 0.3) is 0 Å². The molecule has 0 saturated heterocycles. The van der Waals surface area contributed by atoms with Crippen molar-refractivity contribution in [3.8, 4) is 11.5 Å². The molecular weight excluding hydrogens is 386 g/mol. The molecule has 0 radical (unpaired) electrons. The van der Waals surface area contributed by atoms with Crippen molar-refractivity contribution >= 4 is 11.6 Å². The van der Waals surface area contributed by atoms with Gasteiger partial charge in [0, 0.05) is 11.8 Å². The molecule has 3 aromatic rings. The lowest BCUT2D eigenvalue weighted by atomic mass is 9.86. The fraction of sp³-hybridized carbons (Fsp3) is 0.296. The number of amides is 1. The average molecular weight is 418 g/mol. The van der Waals surface area contributed by atoms with Crippen LogP contribution in [0.15, 0.2) is 78.9 Å². The van der Waals surface area contributed by atoms with Crippen molar-refractivity contribution in [3.05, 3.63) is 90.0 Å². The summed E-state index contributed by atoms with van der Waals surface area (Å²) >= 11 is 0. The second-order valence-corrected chi connectivity index (χ2v) is 8.55. The zero-order valence-electron chi connectivity index (χ0n) is 18.6. The van der Waals surface area contributed by atoms with Gasteiger partial charge in [-0.15, -0.1) is 0 Å². The predicted molar refractivity (Wildman–Crippen MR) is 126 cm³/mol. The normalized spacial score (nSPS) is 11.1. The first-order valence-electron chi connectivity index (χ1n) is 10.7. The molecule has 0 fully saturated rings. The molecule has 3 aromatic carbocycles. The summed E-state index contributed by atoms with van der Waals surface area (Å²) in [5.74, 6) is 1.27. The van der Waals surface area contributed by atoms with Gasteiger partial charge < -0.3 is 14.8 Å². The second kappa shape index (κ2) is 10.7. The zero-order chi connectivity index (χ0) is 22.1.